The van der Waals surface area contributed by atoms with E-state index in [9.17, 15) is 14.4 Å². The monoisotopic (exact) mass is 442 g/mol. The molecule has 0 radical (unpaired) electrons. The SMILES string of the molecule is COc1ccc(Cl)cc1C(=O)N1CCCC1C(=O)Nc1ccc2c(c1)n(C)c(=O)n2C. The second kappa shape index (κ2) is 8.11. The number of anilines is 1. The molecule has 1 unspecified atom stereocenters. The molecule has 1 saturated heterocycles. The minimum atomic E-state index is -0.605. The van der Waals surface area contributed by atoms with Crippen LogP contribution in [0.5, 0.6) is 5.75 Å². The molecule has 9 heteroatoms. The van der Waals surface area contributed by atoms with Gasteiger partial charge in [0.1, 0.15) is 11.8 Å². The van der Waals surface area contributed by atoms with Crippen molar-refractivity contribution in [2.75, 3.05) is 19.0 Å². The van der Waals surface area contributed by atoms with Crippen LogP contribution in [0.2, 0.25) is 5.02 Å². The summed E-state index contributed by atoms with van der Waals surface area (Å²) in [4.78, 5) is 39.9. The largest absolute Gasteiger partial charge is 0.496 e. The maximum absolute atomic E-state index is 13.2. The summed E-state index contributed by atoms with van der Waals surface area (Å²) in [5, 5.41) is 3.32. The third-order valence-corrected chi connectivity index (χ3v) is 5.98. The lowest BCUT2D eigenvalue weighted by molar-refractivity contribution is -0.119. The molecule has 3 aromatic rings. The highest BCUT2D eigenvalue weighted by Crippen LogP contribution is 2.28. The molecule has 2 aromatic carbocycles. The van der Waals surface area contributed by atoms with E-state index in [0.717, 1.165) is 11.9 Å². The Morgan fingerprint density at radius 2 is 1.84 bits per heavy atom. The highest BCUT2D eigenvalue weighted by molar-refractivity contribution is 6.31. The first-order valence-electron chi connectivity index (χ1n) is 9.92. The van der Waals surface area contributed by atoms with Crippen molar-refractivity contribution >= 4 is 40.1 Å². The van der Waals surface area contributed by atoms with Gasteiger partial charge in [0.15, 0.2) is 0 Å². The van der Waals surface area contributed by atoms with Gasteiger partial charge in [0.2, 0.25) is 5.91 Å². The van der Waals surface area contributed by atoms with Crippen LogP contribution in [0.3, 0.4) is 0 Å². The highest BCUT2D eigenvalue weighted by Gasteiger charge is 2.35. The number of imidazole rings is 1. The van der Waals surface area contributed by atoms with Crippen LogP contribution in [0.1, 0.15) is 23.2 Å². The molecule has 1 N–H and O–H groups in total. The van der Waals surface area contributed by atoms with Crippen LogP contribution in [0.4, 0.5) is 5.69 Å². The van der Waals surface area contributed by atoms with Gasteiger partial charge >= 0.3 is 5.69 Å². The molecule has 0 aliphatic carbocycles. The zero-order valence-corrected chi connectivity index (χ0v) is 18.3. The predicted octanol–water partition coefficient (Wildman–Crippen LogP) is 2.78. The summed E-state index contributed by atoms with van der Waals surface area (Å²) in [7, 11) is 4.88. The lowest BCUT2D eigenvalue weighted by Crippen LogP contribution is -2.43. The third kappa shape index (κ3) is 3.67. The number of rotatable bonds is 4. The second-order valence-electron chi connectivity index (χ2n) is 7.59. The van der Waals surface area contributed by atoms with Crippen LogP contribution in [0.25, 0.3) is 11.0 Å². The number of aromatic nitrogens is 2. The van der Waals surface area contributed by atoms with E-state index in [2.05, 4.69) is 5.32 Å². The summed E-state index contributed by atoms with van der Waals surface area (Å²) < 4.78 is 8.38. The highest BCUT2D eigenvalue weighted by atomic mass is 35.5. The van der Waals surface area contributed by atoms with Gasteiger partial charge in [-0.3, -0.25) is 18.7 Å². The van der Waals surface area contributed by atoms with Crippen molar-refractivity contribution in [3.63, 3.8) is 0 Å². The number of nitrogens with one attached hydrogen (secondary N) is 1. The molecule has 162 valence electrons. The Morgan fingerprint density at radius 3 is 2.58 bits per heavy atom. The number of nitrogens with zero attached hydrogens (tertiary/aromatic N) is 3. The normalized spacial score (nSPS) is 16.0. The fourth-order valence-electron chi connectivity index (χ4n) is 4.09. The number of carbonyl (C=O) groups is 2. The molecule has 4 rings (SSSR count). The average molecular weight is 443 g/mol. The van der Waals surface area contributed by atoms with Gasteiger partial charge in [0.25, 0.3) is 5.91 Å². The molecule has 8 nitrogen and oxygen atoms in total. The van der Waals surface area contributed by atoms with E-state index in [1.54, 1.807) is 60.0 Å². The molecular formula is C22H23ClN4O4. The summed E-state index contributed by atoms with van der Waals surface area (Å²) in [6.45, 7) is 0.471. The first-order chi connectivity index (χ1) is 14.8. The Balaban J connectivity index is 1.58. The Morgan fingerprint density at radius 1 is 1.10 bits per heavy atom. The molecule has 1 aliphatic heterocycles. The summed E-state index contributed by atoms with van der Waals surface area (Å²) in [5.41, 5.74) is 2.25. The van der Waals surface area contributed by atoms with Gasteiger partial charge in [-0.05, 0) is 49.2 Å². The Hall–Kier alpha value is -3.26. The van der Waals surface area contributed by atoms with Gasteiger partial charge in [0, 0.05) is 31.4 Å². The zero-order chi connectivity index (χ0) is 22.3. The number of benzene rings is 2. The van der Waals surface area contributed by atoms with E-state index < -0.39 is 6.04 Å². The number of methoxy groups -OCH3 is 1. The smallest absolute Gasteiger partial charge is 0.328 e. The number of likely N-dealkylation sites (tertiary alicyclic amines) is 1. The number of fused-ring (bicyclic) bond motifs is 1. The fourth-order valence-corrected chi connectivity index (χ4v) is 4.27. The molecule has 2 amide bonds. The van der Waals surface area contributed by atoms with Crippen LogP contribution in [-0.4, -0.2) is 45.5 Å². The van der Waals surface area contributed by atoms with Crippen LogP contribution >= 0.6 is 11.6 Å². The van der Waals surface area contributed by atoms with Crippen molar-refractivity contribution < 1.29 is 14.3 Å². The maximum atomic E-state index is 13.2. The van der Waals surface area contributed by atoms with Crippen molar-refractivity contribution in [2.24, 2.45) is 14.1 Å². The lowest BCUT2D eigenvalue weighted by atomic mass is 10.1. The second-order valence-corrected chi connectivity index (χ2v) is 8.03. The number of amides is 2. The van der Waals surface area contributed by atoms with Crippen molar-refractivity contribution in [3.05, 3.63) is 57.5 Å². The van der Waals surface area contributed by atoms with E-state index in [4.69, 9.17) is 16.3 Å². The van der Waals surface area contributed by atoms with Crippen molar-refractivity contribution in [1.29, 1.82) is 0 Å². The van der Waals surface area contributed by atoms with E-state index in [0.29, 0.717) is 40.5 Å². The number of aryl methyl sites for hydroxylation is 2. The minimum Gasteiger partial charge on any atom is -0.496 e. The first kappa shape index (κ1) is 21.0. The molecule has 0 saturated carbocycles. The number of hydrogen-bond acceptors (Lipinski definition) is 4. The minimum absolute atomic E-state index is 0.137. The summed E-state index contributed by atoms with van der Waals surface area (Å²) in [6.07, 6.45) is 1.28. The van der Waals surface area contributed by atoms with E-state index >= 15 is 0 Å². The quantitative estimate of drug-likeness (QED) is 0.673. The van der Waals surface area contributed by atoms with Crippen molar-refractivity contribution in [2.45, 2.75) is 18.9 Å². The molecular weight excluding hydrogens is 420 g/mol. The summed E-state index contributed by atoms with van der Waals surface area (Å²) in [6, 6.07) is 9.54. The molecule has 1 aromatic heterocycles. The number of halogens is 1. The van der Waals surface area contributed by atoms with Crippen LogP contribution in [-0.2, 0) is 18.9 Å². The Bertz CT molecular complexity index is 1250. The Kier molecular flexibility index (Phi) is 5.49. The standard InChI is InChI=1S/C22H23ClN4O4/c1-25-16-8-7-14(12-18(16)26(2)22(25)30)24-20(28)17-5-4-10-27(17)21(29)15-11-13(23)6-9-19(15)31-3/h6-9,11-12,17H,4-5,10H2,1-3H3,(H,24,28). The predicted molar refractivity (Wildman–Crippen MR) is 119 cm³/mol. The van der Waals surface area contributed by atoms with Crippen LogP contribution in [0, 0.1) is 0 Å². The number of hydrogen-bond donors (Lipinski definition) is 1. The molecule has 2 heterocycles. The molecule has 1 atom stereocenters. The molecule has 1 fully saturated rings. The topological polar surface area (TPSA) is 85.6 Å². The van der Waals surface area contributed by atoms with Gasteiger partial charge in [-0.15, -0.1) is 0 Å². The van der Waals surface area contributed by atoms with Gasteiger partial charge in [-0.25, -0.2) is 4.79 Å². The lowest BCUT2D eigenvalue weighted by Gasteiger charge is -2.25. The molecule has 0 bridgehead atoms. The molecule has 31 heavy (non-hydrogen) atoms. The van der Waals surface area contributed by atoms with E-state index in [-0.39, 0.29) is 17.5 Å². The van der Waals surface area contributed by atoms with Gasteiger partial charge in [-0.2, -0.15) is 0 Å². The molecule has 0 spiro atoms. The third-order valence-electron chi connectivity index (χ3n) is 5.75. The Labute approximate surface area is 184 Å². The fraction of sp³-hybridized carbons (Fsp3) is 0.318. The van der Waals surface area contributed by atoms with E-state index in [1.165, 1.54) is 11.7 Å². The van der Waals surface area contributed by atoms with Crippen LogP contribution in [0.15, 0.2) is 41.2 Å². The number of carbonyl (C=O) groups excluding carboxylic acids is 2. The van der Waals surface area contributed by atoms with Gasteiger partial charge < -0.3 is 15.0 Å². The van der Waals surface area contributed by atoms with Crippen molar-refractivity contribution in [3.8, 4) is 5.75 Å². The summed E-state index contributed by atoms with van der Waals surface area (Å²) >= 11 is 6.07. The zero-order valence-electron chi connectivity index (χ0n) is 17.5. The van der Waals surface area contributed by atoms with Crippen LogP contribution < -0.4 is 15.7 Å². The van der Waals surface area contributed by atoms with Crippen molar-refractivity contribution in [1.82, 2.24) is 14.0 Å². The van der Waals surface area contributed by atoms with E-state index in [1.807, 2.05) is 0 Å². The van der Waals surface area contributed by atoms with Gasteiger partial charge in [-0.1, -0.05) is 11.6 Å². The maximum Gasteiger partial charge on any atom is 0.328 e. The molecule has 1 aliphatic rings. The number of ether oxygens (including phenoxy) is 1. The first-order valence-corrected chi connectivity index (χ1v) is 10.3. The van der Waals surface area contributed by atoms with Gasteiger partial charge in [0.05, 0.1) is 23.7 Å². The summed E-state index contributed by atoms with van der Waals surface area (Å²) in [5.74, 6) is -0.152. The average Bonchev–Trinajstić information content (AvgIpc) is 3.34.